The van der Waals surface area contributed by atoms with E-state index in [1.165, 1.54) is 11.1 Å². The van der Waals surface area contributed by atoms with Gasteiger partial charge in [-0.25, -0.2) is 0 Å². The standard InChI is InChI=1S/C25H33N3O/c1-24(2,3)26-22-21(18-11-9-8-10-12-18)17-28(23(22)27-25(4,5)6)19-13-15-20(29-7)16-14-19/h8-17,26-27H,1-7H3. The lowest BCUT2D eigenvalue weighted by Crippen LogP contribution is -2.30. The predicted molar refractivity (Wildman–Crippen MR) is 125 cm³/mol. The fourth-order valence-electron chi connectivity index (χ4n) is 3.27. The molecule has 0 radical (unpaired) electrons. The van der Waals surface area contributed by atoms with Crippen LogP contribution in [0.4, 0.5) is 11.5 Å². The van der Waals surface area contributed by atoms with Crippen LogP contribution in [0.3, 0.4) is 0 Å². The monoisotopic (exact) mass is 391 g/mol. The van der Waals surface area contributed by atoms with Gasteiger partial charge in [0.2, 0.25) is 0 Å². The summed E-state index contributed by atoms with van der Waals surface area (Å²) in [5.41, 5.74) is 4.37. The number of ether oxygens (including phenoxy) is 1. The Labute approximate surface area is 174 Å². The number of hydrogen-bond donors (Lipinski definition) is 2. The molecule has 0 bridgehead atoms. The van der Waals surface area contributed by atoms with Gasteiger partial charge in [0.1, 0.15) is 11.6 Å². The van der Waals surface area contributed by atoms with Gasteiger partial charge in [-0.2, -0.15) is 0 Å². The smallest absolute Gasteiger partial charge is 0.135 e. The predicted octanol–water partition coefficient (Wildman–Crippen LogP) is 6.57. The minimum absolute atomic E-state index is 0.0794. The molecule has 0 aliphatic rings. The summed E-state index contributed by atoms with van der Waals surface area (Å²) in [7, 11) is 1.69. The van der Waals surface area contributed by atoms with Gasteiger partial charge in [0.15, 0.2) is 0 Å². The zero-order valence-electron chi connectivity index (χ0n) is 18.6. The second-order valence-electron chi connectivity index (χ2n) is 9.45. The lowest BCUT2D eigenvalue weighted by Gasteiger charge is -2.28. The fraction of sp³-hybridized carbons (Fsp3) is 0.360. The quantitative estimate of drug-likeness (QED) is 0.516. The molecule has 3 aromatic rings. The number of nitrogens with one attached hydrogen (secondary N) is 2. The highest BCUT2D eigenvalue weighted by Crippen LogP contribution is 2.41. The molecular weight excluding hydrogens is 358 g/mol. The van der Waals surface area contributed by atoms with E-state index in [0.717, 1.165) is 22.9 Å². The molecule has 1 aromatic heterocycles. The minimum atomic E-state index is -0.0924. The van der Waals surface area contributed by atoms with Crippen LogP contribution >= 0.6 is 0 Å². The summed E-state index contributed by atoms with van der Waals surface area (Å²) >= 11 is 0. The van der Waals surface area contributed by atoms with E-state index in [-0.39, 0.29) is 11.1 Å². The van der Waals surface area contributed by atoms with Gasteiger partial charge in [0.25, 0.3) is 0 Å². The molecule has 0 aliphatic carbocycles. The molecule has 0 unspecified atom stereocenters. The van der Waals surface area contributed by atoms with Gasteiger partial charge in [0, 0.05) is 28.5 Å². The Morgan fingerprint density at radius 2 is 1.34 bits per heavy atom. The first-order valence-corrected chi connectivity index (χ1v) is 10.1. The van der Waals surface area contributed by atoms with Gasteiger partial charge in [-0.15, -0.1) is 0 Å². The Hall–Kier alpha value is -2.88. The van der Waals surface area contributed by atoms with Gasteiger partial charge in [-0.3, -0.25) is 0 Å². The maximum Gasteiger partial charge on any atom is 0.135 e. The highest BCUT2D eigenvalue weighted by atomic mass is 16.5. The zero-order valence-corrected chi connectivity index (χ0v) is 18.6. The van der Waals surface area contributed by atoms with Crippen LogP contribution in [0.15, 0.2) is 60.8 Å². The first-order chi connectivity index (χ1) is 13.6. The molecule has 4 nitrogen and oxygen atoms in total. The number of anilines is 2. The third kappa shape index (κ3) is 5.14. The average molecular weight is 392 g/mol. The topological polar surface area (TPSA) is 38.2 Å². The molecule has 2 aromatic carbocycles. The number of methoxy groups -OCH3 is 1. The van der Waals surface area contributed by atoms with E-state index < -0.39 is 0 Å². The van der Waals surface area contributed by atoms with Crippen molar-refractivity contribution in [2.45, 2.75) is 52.6 Å². The van der Waals surface area contributed by atoms with Crippen molar-refractivity contribution in [2.24, 2.45) is 0 Å². The lowest BCUT2D eigenvalue weighted by atomic mass is 10.0. The van der Waals surface area contributed by atoms with Crippen LogP contribution in [0, 0.1) is 0 Å². The van der Waals surface area contributed by atoms with Gasteiger partial charge < -0.3 is 19.9 Å². The third-order valence-corrected chi connectivity index (χ3v) is 4.43. The van der Waals surface area contributed by atoms with Gasteiger partial charge in [-0.1, -0.05) is 30.3 Å². The van der Waals surface area contributed by atoms with E-state index in [2.05, 4.69) is 105 Å². The van der Waals surface area contributed by atoms with E-state index >= 15 is 0 Å². The minimum Gasteiger partial charge on any atom is -0.497 e. The highest BCUT2D eigenvalue weighted by molar-refractivity contribution is 5.88. The largest absolute Gasteiger partial charge is 0.497 e. The molecule has 4 heteroatoms. The molecule has 3 rings (SSSR count). The summed E-state index contributed by atoms with van der Waals surface area (Å²) in [6.45, 7) is 13.1. The van der Waals surface area contributed by atoms with Crippen molar-refractivity contribution in [3.05, 3.63) is 60.8 Å². The Morgan fingerprint density at radius 3 is 1.86 bits per heavy atom. The van der Waals surface area contributed by atoms with Crippen LogP contribution in [0.25, 0.3) is 16.8 Å². The normalized spacial score (nSPS) is 12.0. The maximum atomic E-state index is 5.34. The molecule has 0 saturated carbocycles. The Morgan fingerprint density at radius 1 is 0.759 bits per heavy atom. The zero-order chi connectivity index (χ0) is 21.2. The number of hydrogen-bond acceptors (Lipinski definition) is 3. The Kier molecular flexibility index (Phi) is 5.65. The lowest BCUT2D eigenvalue weighted by molar-refractivity contribution is 0.415. The van der Waals surface area contributed by atoms with Crippen LogP contribution in [0.5, 0.6) is 5.75 Å². The average Bonchev–Trinajstić information content (AvgIpc) is 2.97. The van der Waals surface area contributed by atoms with Crippen molar-refractivity contribution in [1.82, 2.24) is 4.57 Å². The Bertz CT molecular complexity index is 943. The van der Waals surface area contributed by atoms with Crippen molar-refractivity contribution in [3.8, 4) is 22.6 Å². The van der Waals surface area contributed by atoms with E-state index in [1.54, 1.807) is 7.11 Å². The molecule has 0 amide bonds. The number of aromatic nitrogens is 1. The molecule has 0 atom stereocenters. The van der Waals surface area contributed by atoms with Gasteiger partial charge in [0.05, 0.1) is 12.8 Å². The number of nitrogens with zero attached hydrogens (tertiary/aromatic N) is 1. The summed E-state index contributed by atoms with van der Waals surface area (Å²) < 4.78 is 7.57. The maximum absolute atomic E-state index is 5.34. The third-order valence-electron chi connectivity index (χ3n) is 4.43. The molecule has 29 heavy (non-hydrogen) atoms. The summed E-state index contributed by atoms with van der Waals surface area (Å²) in [5, 5.41) is 7.47. The van der Waals surface area contributed by atoms with E-state index in [0.29, 0.717) is 0 Å². The van der Waals surface area contributed by atoms with Crippen LogP contribution < -0.4 is 15.4 Å². The molecular formula is C25H33N3O. The van der Waals surface area contributed by atoms with E-state index in [4.69, 9.17) is 4.74 Å². The van der Waals surface area contributed by atoms with Crippen molar-refractivity contribution in [1.29, 1.82) is 0 Å². The molecule has 154 valence electrons. The second-order valence-corrected chi connectivity index (χ2v) is 9.45. The van der Waals surface area contributed by atoms with Crippen molar-refractivity contribution in [2.75, 3.05) is 17.7 Å². The van der Waals surface area contributed by atoms with Crippen molar-refractivity contribution < 1.29 is 4.74 Å². The summed E-state index contributed by atoms with van der Waals surface area (Å²) in [6, 6.07) is 18.7. The van der Waals surface area contributed by atoms with Gasteiger partial charge in [-0.05, 0) is 71.4 Å². The van der Waals surface area contributed by atoms with E-state index in [9.17, 15) is 0 Å². The van der Waals surface area contributed by atoms with Crippen molar-refractivity contribution in [3.63, 3.8) is 0 Å². The SMILES string of the molecule is COc1ccc(-n2cc(-c3ccccc3)c(NC(C)(C)C)c2NC(C)(C)C)cc1. The number of rotatable bonds is 5. The fourth-order valence-corrected chi connectivity index (χ4v) is 3.27. The molecule has 0 saturated heterocycles. The Balaban J connectivity index is 2.25. The van der Waals surface area contributed by atoms with Crippen LogP contribution in [-0.4, -0.2) is 22.8 Å². The van der Waals surface area contributed by atoms with Gasteiger partial charge >= 0.3 is 0 Å². The number of benzene rings is 2. The van der Waals surface area contributed by atoms with Crippen LogP contribution in [0.1, 0.15) is 41.5 Å². The van der Waals surface area contributed by atoms with E-state index in [1.807, 2.05) is 12.1 Å². The molecule has 0 spiro atoms. The summed E-state index contributed by atoms with van der Waals surface area (Å²) in [6.07, 6.45) is 2.21. The highest BCUT2D eigenvalue weighted by Gasteiger charge is 2.24. The molecule has 1 heterocycles. The molecule has 0 fully saturated rings. The van der Waals surface area contributed by atoms with Crippen molar-refractivity contribution >= 4 is 11.5 Å². The first-order valence-electron chi connectivity index (χ1n) is 10.1. The van der Waals surface area contributed by atoms with Crippen LogP contribution in [-0.2, 0) is 0 Å². The summed E-state index contributed by atoms with van der Waals surface area (Å²) in [5.74, 6) is 1.90. The summed E-state index contributed by atoms with van der Waals surface area (Å²) in [4.78, 5) is 0. The second kappa shape index (κ2) is 7.86. The van der Waals surface area contributed by atoms with Crippen LogP contribution in [0.2, 0.25) is 0 Å². The first kappa shape index (κ1) is 20.8. The molecule has 2 N–H and O–H groups in total. The molecule has 0 aliphatic heterocycles.